The number of likely N-dealkylation sites (N-methyl/N-ethyl adjacent to an activating group) is 1. The first-order chi connectivity index (χ1) is 7.97. The minimum Gasteiger partial charge on any atom is -0.347 e. The zero-order chi connectivity index (χ0) is 13.4. The lowest BCUT2D eigenvalue weighted by atomic mass is 10.4. The summed E-state index contributed by atoms with van der Waals surface area (Å²) in [6, 6.07) is -0.0490. The van der Waals surface area contributed by atoms with Crippen molar-refractivity contribution in [3.05, 3.63) is 0 Å². The van der Waals surface area contributed by atoms with Gasteiger partial charge in [-0.3, -0.25) is 4.79 Å². The van der Waals surface area contributed by atoms with Gasteiger partial charge in [0.2, 0.25) is 5.91 Å². The number of carbonyl (C=O) groups is 2. The lowest BCUT2D eigenvalue weighted by Gasteiger charge is -2.29. The monoisotopic (exact) mass is 243 g/mol. The number of hydrogen-bond acceptors (Lipinski definition) is 2. The largest absolute Gasteiger partial charge is 0.347 e. The molecular weight excluding hydrogens is 218 g/mol. The zero-order valence-corrected chi connectivity index (χ0v) is 11.7. The van der Waals surface area contributed by atoms with E-state index in [0.29, 0.717) is 19.6 Å². The highest BCUT2D eigenvalue weighted by molar-refractivity contribution is 5.83. The number of amides is 3. The molecule has 5 nitrogen and oxygen atoms in total. The van der Waals surface area contributed by atoms with Crippen LogP contribution in [0.2, 0.25) is 0 Å². The van der Waals surface area contributed by atoms with Crippen LogP contribution in [0.3, 0.4) is 0 Å². The van der Waals surface area contributed by atoms with Crippen LogP contribution in [-0.2, 0) is 4.79 Å². The van der Waals surface area contributed by atoms with Crippen molar-refractivity contribution in [3.63, 3.8) is 0 Å². The SMILES string of the molecule is CCCN(CC(=O)N(C)C)C(=O)N(CC)CC. The van der Waals surface area contributed by atoms with Gasteiger partial charge in [0, 0.05) is 33.7 Å². The predicted molar refractivity (Wildman–Crippen MR) is 68.9 cm³/mol. The molecule has 0 aliphatic carbocycles. The number of nitrogens with zero attached hydrogens (tertiary/aromatic N) is 3. The predicted octanol–water partition coefficient (Wildman–Crippen LogP) is 1.25. The van der Waals surface area contributed by atoms with Crippen LogP contribution < -0.4 is 0 Å². The topological polar surface area (TPSA) is 43.9 Å². The van der Waals surface area contributed by atoms with Crippen LogP contribution in [0.5, 0.6) is 0 Å². The third kappa shape index (κ3) is 5.06. The van der Waals surface area contributed by atoms with Gasteiger partial charge in [0.25, 0.3) is 0 Å². The molecule has 0 aliphatic rings. The fourth-order valence-corrected chi connectivity index (χ4v) is 1.51. The van der Waals surface area contributed by atoms with Crippen molar-refractivity contribution in [1.29, 1.82) is 0 Å². The molecule has 0 saturated heterocycles. The number of carbonyl (C=O) groups excluding carboxylic acids is 2. The van der Waals surface area contributed by atoms with Crippen molar-refractivity contribution in [3.8, 4) is 0 Å². The summed E-state index contributed by atoms with van der Waals surface area (Å²) in [4.78, 5) is 28.6. The minimum absolute atomic E-state index is 0.0426. The fraction of sp³-hybridized carbons (Fsp3) is 0.833. The normalized spacial score (nSPS) is 9.94. The average Bonchev–Trinajstić information content (AvgIpc) is 2.29. The fourth-order valence-electron chi connectivity index (χ4n) is 1.51. The Morgan fingerprint density at radius 3 is 1.82 bits per heavy atom. The Hall–Kier alpha value is -1.26. The van der Waals surface area contributed by atoms with Crippen molar-refractivity contribution in [2.75, 3.05) is 40.3 Å². The van der Waals surface area contributed by atoms with Crippen LogP contribution in [0.25, 0.3) is 0 Å². The molecule has 0 heterocycles. The van der Waals surface area contributed by atoms with Crippen molar-refractivity contribution in [2.24, 2.45) is 0 Å². The van der Waals surface area contributed by atoms with Crippen LogP contribution in [0.1, 0.15) is 27.2 Å². The maximum Gasteiger partial charge on any atom is 0.320 e. The smallest absolute Gasteiger partial charge is 0.320 e. The second kappa shape index (κ2) is 7.92. The van der Waals surface area contributed by atoms with E-state index in [1.54, 1.807) is 23.9 Å². The summed E-state index contributed by atoms with van der Waals surface area (Å²) in [5.74, 6) is -0.0426. The maximum absolute atomic E-state index is 12.1. The Morgan fingerprint density at radius 1 is 0.941 bits per heavy atom. The van der Waals surface area contributed by atoms with Crippen molar-refractivity contribution >= 4 is 11.9 Å². The molecule has 100 valence electrons. The molecule has 0 spiro atoms. The van der Waals surface area contributed by atoms with Gasteiger partial charge in [0.15, 0.2) is 0 Å². The molecule has 0 aromatic heterocycles. The van der Waals surface area contributed by atoms with Crippen LogP contribution in [0.15, 0.2) is 0 Å². The Balaban J connectivity index is 4.60. The molecule has 3 amide bonds. The summed E-state index contributed by atoms with van der Waals surface area (Å²) in [5.41, 5.74) is 0. The van der Waals surface area contributed by atoms with Gasteiger partial charge in [0.05, 0.1) is 0 Å². The molecule has 0 atom stereocenters. The molecule has 0 bridgehead atoms. The van der Waals surface area contributed by atoms with E-state index in [4.69, 9.17) is 0 Å². The van der Waals surface area contributed by atoms with Crippen LogP contribution in [0.4, 0.5) is 4.79 Å². The van der Waals surface area contributed by atoms with E-state index in [9.17, 15) is 9.59 Å². The molecule has 0 N–H and O–H groups in total. The molecule has 17 heavy (non-hydrogen) atoms. The number of urea groups is 1. The van der Waals surface area contributed by atoms with Crippen molar-refractivity contribution in [2.45, 2.75) is 27.2 Å². The first-order valence-corrected chi connectivity index (χ1v) is 6.21. The summed E-state index contributed by atoms with van der Waals surface area (Å²) in [7, 11) is 3.41. The molecule has 0 unspecified atom stereocenters. The van der Waals surface area contributed by atoms with E-state index in [1.165, 1.54) is 4.90 Å². The Bertz CT molecular complexity index is 250. The first-order valence-electron chi connectivity index (χ1n) is 6.21. The average molecular weight is 243 g/mol. The Morgan fingerprint density at radius 2 is 1.47 bits per heavy atom. The van der Waals surface area contributed by atoms with Gasteiger partial charge in [-0.15, -0.1) is 0 Å². The van der Waals surface area contributed by atoms with Gasteiger partial charge < -0.3 is 14.7 Å². The molecule has 0 rings (SSSR count). The molecular formula is C12H25N3O2. The van der Waals surface area contributed by atoms with Gasteiger partial charge in [-0.2, -0.15) is 0 Å². The molecule has 0 aromatic carbocycles. The summed E-state index contributed by atoms with van der Waals surface area (Å²) in [6.45, 7) is 8.02. The van der Waals surface area contributed by atoms with Crippen molar-refractivity contribution in [1.82, 2.24) is 14.7 Å². The molecule has 0 saturated carbocycles. The van der Waals surface area contributed by atoms with Crippen LogP contribution in [-0.4, -0.2) is 66.9 Å². The highest BCUT2D eigenvalue weighted by atomic mass is 16.2. The van der Waals surface area contributed by atoms with Gasteiger partial charge in [-0.05, 0) is 20.3 Å². The van der Waals surface area contributed by atoms with E-state index in [0.717, 1.165) is 6.42 Å². The highest BCUT2D eigenvalue weighted by Gasteiger charge is 2.20. The first kappa shape index (κ1) is 15.7. The zero-order valence-electron chi connectivity index (χ0n) is 11.7. The Labute approximate surface area is 104 Å². The summed E-state index contributed by atoms with van der Waals surface area (Å²) < 4.78 is 0. The van der Waals surface area contributed by atoms with E-state index in [2.05, 4.69) is 0 Å². The maximum atomic E-state index is 12.1. The molecule has 0 fully saturated rings. The molecule has 5 heteroatoms. The van der Waals surface area contributed by atoms with Crippen molar-refractivity contribution < 1.29 is 9.59 Å². The number of rotatable bonds is 6. The quantitative estimate of drug-likeness (QED) is 0.704. The summed E-state index contributed by atoms with van der Waals surface area (Å²) in [5, 5.41) is 0. The third-order valence-corrected chi connectivity index (χ3v) is 2.62. The lowest BCUT2D eigenvalue weighted by Crippen LogP contribution is -2.47. The molecule has 0 aliphatic heterocycles. The summed E-state index contributed by atoms with van der Waals surface area (Å²) >= 11 is 0. The van der Waals surface area contributed by atoms with Gasteiger partial charge in [-0.1, -0.05) is 6.92 Å². The lowest BCUT2D eigenvalue weighted by molar-refractivity contribution is -0.129. The standard InChI is InChI=1S/C12H25N3O2/c1-6-9-15(10-11(16)13(4)5)12(17)14(7-2)8-3/h6-10H2,1-5H3. The second-order valence-corrected chi connectivity index (χ2v) is 4.16. The molecule has 0 aromatic rings. The van der Waals surface area contributed by atoms with E-state index in [-0.39, 0.29) is 18.5 Å². The highest BCUT2D eigenvalue weighted by Crippen LogP contribution is 2.01. The molecule has 0 radical (unpaired) electrons. The van der Waals surface area contributed by atoms with E-state index < -0.39 is 0 Å². The summed E-state index contributed by atoms with van der Waals surface area (Å²) in [6.07, 6.45) is 0.855. The second-order valence-electron chi connectivity index (χ2n) is 4.16. The van der Waals surface area contributed by atoms with Crippen LogP contribution >= 0.6 is 0 Å². The van der Waals surface area contributed by atoms with Crippen LogP contribution in [0, 0.1) is 0 Å². The van der Waals surface area contributed by atoms with Gasteiger partial charge >= 0.3 is 6.03 Å². The van der Waals surface area contributed by atoms with E-state index >= 15 is 0 Å². The minimum atomic E-state index is -0.0490. The third-order valence-electron chi connectivity index (χ3n) is 2.62. The van der Waals surface area contributed by atoms with Gasteiger partial charge in [0.1, 0.15) is 6.54 Å². The van der Waals surface area contributed by atoms with Gasteiger partial charge in [-0.25, -0.2) is 4.79 Å². The Kier molecular flexibility index (Phi) is 7.34. The van der Waals surface area contributed by atoms with E-state index in [1.807, 2.05) is 20.8 Å². The number of hydrogen-bond donors (Lipinski definition) is 0.